The van der Waals surface area contributed by atoms with Crippen molar-refractivity contribution >= 4 is 55.0 Å². The molecule has 28 heavy (non-hydrogen) atoms. The predicted octanol–water partition coefficient (Wildman–Crippen LogP) is 4.16. The predicted molar refractivity (Wildman–Crippen MR) is 102 cm³/mol. The third kappa shape index (κ3) is 1.54. The van der Waals surface area contributed by atoms with E-state index in [0.717, 1.165) is 0 Å². The monoisotopic (exact) mass is 370 g/mol. The molecule has 0 aromatic heterocycles. The Bertz CT molecular complexity index is 1470. The fourth-order valence-electron chi connectivity index (χ4n) is 4.48. The second-order valence-electron chi connectivity index (χ2n) is 6.92. The maximum Gasteiger partial charge on any atom is 0.346 e. The van der Waals surface area contributed by atoms with E-state index in [1.807, 2.05) is 0 Å². The Morgan fingerprint density at radius 2 is 1.14 bits per heavy atom. The van der Waals surface area contributed by atoms with Crippen molar-refractivity contribution in [3.63, 3.8) is 0 Å². The normalized spacial score (nSPS) is 13.9. The first-order valence-electron chi connectivity index (χ1n) is 8.55. The zero-order chi connectivity index (χ0) is 19.3. The van der Waals surface area contributed by atoms with Crippen molar-refractivity contribution in [2.24, 2.45) is 0 Å². The maximum atomic E-state index is 12.3. The summed E-state index contributed by atoms with van der Waals surface area (Å²) in [5, 5.41) is 35.9. The highest BCUT2D eigenvalue weighted by Crippen LogP contribution is 2.50. The van der Waals surface area contributed by atoms with Crippen molar-refractivity contribution in [1.82, 2.24) is 0 Å². The third-order valence-corrected chi connectivity index (χ3v) is 5.54. The molecule has 0 bridgehead atoms. The molecule has 6 heteroatoms. The van der Waals surface area contributed by atoms with Crippen LogP contribution in [0, 0.1) is 0 Å². The number of phenols is 3. The molecule has 1 heterocycles. The molecule has 134 valence electrons. The van der Waals surface area contributed by atoms with Crippen LogP contribution in [0.1, 0.15) is 20.7 Å². The quantitative estimate of drug-likeness (QED) is 0.164. The van der Waals surface area contributed by atoms with Crippen LogP contribution in [-0.4, -0.2) is 27.3 Å². The summed E-state index contributed by atoms with van der Waals surface area (Å²) in [6.07, 6.45) is 0. The summed E-state index contributed by atoms with van der Waals surface area (Å²) in [5.74, 6) is -1.95. The molecule has 0 radical (unpaired) electrons. The molecule has 0 unspecified atom stereocenters. The third-order valence-electron chi connectivity index (χ3n) is 5.54. The van der Waals surface area contributed by atoms with Crippen LogP contribution in [0.4, 0.5) is 0 Å². The van der Waals surface area contributed by atoms with Crippen LogP contribution in [-0.2, 0) is 4.74 Å². The summed E-state index contributed by atoms with van der Waals surface area (Å²) in [5.41, 5.74) is 0.142. The minimum Gasteiger partial charge on any atom is -0.507 e. The van der Waals surface area contributed by atoms with Gasteiger partial charge in [0.05, 0.1) is 11.1 Å². The topological polar surface area (TPSA) is 104 Å². The van der Waals surface area contributed by atoms with E-state index in [2.05, 4.69) is 0 Å². The molecule has 0 saturated heterocycles. The van der Waals surface area contributed by atoms with E-state index in [1.165, 1.54) is 18.2 Å². The molecule has 0 atom stereocenters. The molecule has 0 spiro atoms. The first-order chi connectivity index (χ1) is 13.5. The molecule has 1 aliphatic heterocycles. The molecule has 0 amide bonds. The molecule has 5 aromatic carbocycles. The Labute approximate surface area is 156 Å². The van der Waals surface area contributed by atoms with E-state index < -0.39 is 11.9 Å². The van der Waals surface area contributed by atoms with Gasteiger partial charge >= 0.3 is 11.9 Å². The highest BCUT2D eigenvalue weighted by Gasteiger charge is 2.32. The summed E-state index contributed by atoms with van der Waals surface area (Å²) in [4.78, 5) is 24.6. The van der Waals surface area contributed by atoms with Gasteiger partial charge in [0.15, 0.2) is 0 Å². The van der Waals surface area contributed by atoms with E-state index in [9.17, 15) is 24.9 Å². The van der Waals surface area contributed by atoms with Gasteiger partial charge in [0, 0.05) is 32.3 Å². The summed E-state index contributed by atoms with van der Waals surface area (Å²) >= 11 is 0. The number of hydrogen-bond donors (Lipinski definition) is 3. The molecule has 1 aliphatic rings. The van der Waals surface area contributed by atoms with Gasteiger partial charge in [0.25, 0.3) is 0 Å². The number of hydrogen-bond acceptors (Lipinski definition) is 6. The summed E-state index contributed by atoms with van der Waals surface area (Å²) in [6, 6.07) is 11.1. The number of esters is 2. The molecule has 3 N–H and O–H groups in total. The van der Waals surface area contributed by atoms with Crippen LogP contribution in [0.5, 0.6) is 17.2 Å². The zero-order valence-corrected chi connectivity index (χ0v) is 14.1. The fourth-order valence-corrected chi connectivity index (χ4v) is 4.48. The van der Waals surface area contributed by atoms with E-state index in [-0.39, 0.29) is 28.4 Å². The van der Waals surface area contributed by atoms with Gasteiger partial charge in [-0.05, 0) is 35.0 Å². The SMILES string of the molecule is O=C1OC(=O)c2cc(O)c3c4ccc(O)c5cccc(c6c(O)cc1c2c63)c54. The highest BCUT2D eigenvalue weighted by atomic mass is 16.6. The van der Waals surface area contributed by atoms with Crippen LogP contribution in [0.25, 0.3) is 43.1 Å². The number of ether oxygens (including phenoxy) is 1. The number of cyclic esters (lactones) is 2. The Hall–Kier alpha value is -4.06. The molecule has 5 aromatic rings. The van der Waals surface area contributed by atoms with Gasteiger partial charge in [0.2, 0.25) is 0 Å². The van der Waals surface area contributed by atoms with Gasteiger partial charge in [-0.2, -0.15) is 0 Å². The largest absolute Gasteiger partial charge is 0.507 e. The first-order valence-corrected chi connectivity index (χ1v) is 8.55. The average molecular weight is 370 g/mol. The van der Waals surface area contributed by atoms with Crippen LogP contribution in [0.2, 0.25) is 0 Å². The summed E-state index contributed by atoms with van der Waals surface area (Å²) in [6.45, 7) is 0. The smallest absolute Gasteiger partial charge is 0.346 e. The lowest BCUT2D eigenvalue weighted by atomic mass is 9.85. The summed E-state index contributed by atoms with van der Waals surface area (Å²) < 4.78 is 4.75. The first kappa shape index (κ1) is 15.0. The van der Waals surface area contributed by atoms with Crippen molar-refractivity contribution in [2.45, 2.75) is 0 Å². The minimum atomic E-state index is -0.842. The highest BCUT2D eigenvalue weighted by molar-refractivity contribution is 6.39. The van der Waals surface area contributed by atoms with Crippen LogP contribution < -0.4 is 0 Å². The van der Waals surface area contributed by atoms with Crippen LogP contribution in [0.15, 0.2) is 42.5 Å². The second-order valence-corrected chi connectivity index (χ2v) is 6.92. The zero-order valence-electron chi connectivity index (χ0n) is 14.1. The van der Waals surface area contributed by atoms with Crippen molar-refractivity contribution in [3.8, 4) is 17.2 Å². The van der Waals surface area contributed by atoms with Gasteiger partial charge in [-0.3, -0.25) is 0 Å². The number of rotatable bonds is 0. The van der Waals surface area contributed by atoms with E-state index >= 15 is 0 Å². The van der Waals surface area contributed by atoms with Crippen LogP contribution in [0.3, 0.4) is 0 Å². The number of aromatic hydroxyl groups is 3. The minimum absolute atomic E-state index is 0.0708. The standard InChI is InChI=1S/C22H10O6/c23-13-5-4-10-16-8(13)2-1-3-9(16)18-14(24)6-11-17-12(22(27)28-21(11)26)7-15(25)19(10)20(17)18/h1-7,23-25H. The number of carbonyl (C=O) groups excluding carboxylic acids is 2. The van der Waals surface area contributed by atoms with Crippen molar-refractivity contribution in [3.05, 3.63) is 53.6 Å². The van der Waals surface area contributed by atoms with E-state index in [1.54, 1.807) is 24.3 Å². The Kier molecular flexibility index (Phi) is 2.48. The Balaban J connectivity index is 2.08. The second kappa shape index (κ2) is 4.61. The van der Waals surface area contributed by atoms with Gasteiger partial charge in [0.1, 0.15) is 17.2 Å². The fraction of sp³-hybridized carbons (Fsp3) is 0. The lowest BCUT2D eigenvalue weighted by Crippen LogP contribution is -2.19. The van der Waals surface area contributed by atoms with E-state index in [0.29, 0.717) is 43.1 Å². The van der Waals surface area contributed by atoms with Crippen molar-refractivity contribution in [2.75, 3.05) is 0 Å². The Morgan fingerprint density at radius 3 is 1.79 bits per heavy atom. The molecule has 0 fully saturated rings. The van der Waals surface area contributed by atoms with Gasteiger partial charge in [-0.1, -0.05) is 18.2 Å². The molecule has 0 aliphatic carbocycles. The molecular formula is C22H10O6. The Morgan fingerprint density at radius 1 is 0.571 bits per heavy atom. The van der Waals surface area contributed by atoms with E-state index in [4.69, 9.17) is 4.74 Å². The van der Waals surface area contributed by atoms with Crippen molar-refractivity contribution < 1.29 is 29.6 Å². The number of phenolic OH excluding ortho intramolecular Hbond substituents is 3. The number of carbonyl (C=O) groups is 2. The number of benzene rings is 5. The molecular weight excluding hydrogens is 360 g/mol. The van der Waals surface area contributed by atoms with Gasteiger partial charge in [-0.15, -0.1) is 0 Å². The van der Waals surface area contributed by atoms with Gasteiger partial charge < -0.3 is 20.1 Å². The maximum absolute atomic E-state index is 12.3. The summed E-state index contributed by atoms with van der Waals surface area (Å²) in [7, 11) is 0. The molecule has 0 saturated carbocycles. The molecule has 6 nitrogen and oxygen atoms in total. The lowest BCUT2D eigenvalue weighted by molar-refractivity contribution is 0.0390. The lowest BCUT2D eigenvalue weighted by Gasteiger charge is -2.22. The van der Waals surface area contributed by atoms with Gasteiger partial charge in [-0.25, -0.2) is 9.59 Å². The van der Waals surface area contributed by atoms with Crippen molar-refractivity contribution in [1.29, 1.82) is 0 Å². The average Bonchev–Trinajstić information content (AvgIpc) is 2.67. The molecule has 6 rings (SSSR count). The number of fused-ring (bicyclic) bond motifs is 2. The van der Waals surface area contributed by atoms with Crippen LogP contribution >= 0.6 is 0 Å².